The molecular weight excluding hydrogens is 324 g/mol. The lowest BCUT2D eigenvalue weighted by atomic mass is 10.1. The smallest absolute Gasteiger partial charge is 0.223 e. The maximum absolute atomic E-state index is 11.6. The van der Waals surface area contributed by atoms with Gasteiger partial charge in [0.25, 0.3) is 0 Å². The molecule has 0 bridgehead atoms. The van der Waals surface area contributed by atoms with Crippen LogP contribution < -0.4 is 16.0 Å². The van der Waals surface area contributed by atoms with Gasteiger partial charge in [0.1, 0.15) is 0 Å². The van der Waals surface area contributed by atoms with Gasteiger partial charge in [0.2, 0.25) is 5.91 Å². The van der Waals surface area contributed by atoms with Crippen LogP contribution in [0.2, 0.25) is 5.02 Å². The number of hydrogen-bond acceptors (Lipinski definition) is 2. The molecule has 6 heteroatoms. The average molecular weight is 349 g/mol. The van der Waals surface area contributed by atoms with Crippen LogP contribution in [-0.2, 0) is 4.79 Å². The molecule has 0 saturated heterocycles. The highest BCUT2D eigenvalue weighted by Crippen LogP contribution is 2.41. The van der Waals surface area contributed by atoms with Crippen LogP contribution in [-0.4, -0.2) is 37.5 Å². The van der Waals surface area contributed by atoms with Crippen LogP contribution in [0.25, 0.3) is 0 Å². The summed E-state index contributed by atoms with van der Waals surface area (Å²) in [7, 11) is 0. The molecule has 0 spiro atoms. The highest BCUT2D eigenvalue weighted by molar-refractivity contribution is 6.30. The molecular formula is C18H25ClN4O. The fourth-order valence-corrected chi connectivity index (χ4v) is 2.99. The van der Waals surface area contributed by atoms with E-state index in [0.717, 1.165) is 36.8 Å². The van der Waals surface area contributed by atoms with E-state index in [0.29, 0.717) is 25.0 Å². The van der Waals surface area contributed by atoms with Crippen molar-refractivity contribution in [3.05, 3.63) is 34.9 Å². The van der Waals surface area contributed by atoms with Crippen molar-refractivity contribution in [1.82, 2.24) is 16.0 Å². The molecule has 0 aromatic heterocycles. The molecule has 2 saturated carbocycles. The molecule has 3 N–H and O–H groups in total. The zero-order valence-corrected chi connectivity index (χ0v) is 14.8. The van der Waals surface area contributed by atoms with E-state index >= 15 is 0 Å². The number of amides is 1. The molecule has 3 rings (SSSR count). The first kappa shape index (κ1) is 17.1. The number of rotatable bonds is 7. The molecule has 2 unspecified atom stereocenters. The third kappa shape index (κ3) is 4.87. The predicted molar refractivity (Wildman–Crippen MR) is 97.4 cm³/mol. The van der Waals surface area contributed by atoms with E-state index in [1.165, 1.54) is 5.56 Å². The Hall–Kier alpha value is -1.75. The van der Waals surface area contributed by atoms with Crippen LogP contribution in [0.3, 0.4) is 0 Å². The lowest BCUT2D eigenvalue weighted by molar-refractivity contribution is -0.122. The van der Waals surface area contributed by atoms with Crippen molar-refractivity contribution >= 4 is 23.5 Å². The van der Waals surface area contributed by atoms with Crippen molar-refractivity contribution in [3.63, 3.8) is 0 Å². The minimum atomic E-state index is 0.173. The number of carbonyl (C=O) groups excluding carboxylic acids is 1. The van der Waals surface area contributed by atoms with Crippen molar-refractivity contribution < 1.29 is 4.79 Å². The zero-order valence-electron chi connectivity index (χ0n) is 14.0. The monoisotopic (exact) mass is 348 g/mol. The normalized spacial score (nSPS) is 22.8. The van der Waals surface area contributed by atoms with Crippen LogP contribution in [0.4, 0.5) is 0 Å². The van der Waals surface area contributed by atoms with E-state index in [-0.39, 0.29) is 11.8 Å². The van der Waals surface area contributed by atoms with Gasteiger partial charge in [-0.15, -0.1) is 0 Å². The molecule has 1 aromatic carbocycles. The van der Waals surface area contributed by atoms with Crippen LogP contribution in [0.1, 0.15) is 37.7 Å². The number of guanidine groups is 1. The lowest BCUT2D eigenvalue weighted by Crippen LogP contribution is -2.39. The summed E-state index contributed by atoms with van der Waals surface area (Å²) in [6, 6.07) is 8.44. The number of nitrogens with one attached hydrogen (secondary N) is 3. The second-order valence-corrected chi connectivity index (χ2v) is 6.91. The van der Waals surface area contributed by atoms with Crippen LogP contribution in [0.5, 0.6) is 0 Å². The summed E-state index contributed by atoms with van der Waals surface area (Å²) in [6.07, 6.45) is 3.15. The van der Waals surface area contributed by atoms with E-state index in [9.17, 15) is 4.79 Å². The average Bonchev–Trinajstić information content (AvgIpc) is 3.45. The Balaban J connectivity index is 1.45. The Morgan fingerprint density at radius 2 is 2.17 bits per heavy atom. The summed E-state index contributed by atoms with van der Waals surface area (Å²) >= 11 is 6.07. The van der Waals surface area contributed by atoms with Crippen molar-refractivity contribution in [1.29, 1.82) is 0 Å². The minimum absolute atomic E-state index is 0.173. The molecule has 0 radical (unpaired) electrons. The summed E-state index contributed by atoms with van der Waals surface area (Å²) in [6.45, 7) is 4.04. The second-order valence-electron chi connectivity index (χ2n) is 6.47. The summed E-state index contributed by atoms with van der Waals surface area (Å²) in [5.41, 5.74) is 1.27. The van der Waals surface area contributed by atoms with Crippen molar-refractivity contribution in [2.45, 2.75) is 38.1 Å². The third-order valence-electron chi connectivity index (χ3n) is 4.36. The predicted octanol–water partition coefficient (Wildman–Crippen LogP) is 2.28. The first-order chi connectivity index (χ1) is 11.7. The second kappa shape index (κ2) is 7.88. The fourth-order valence-electron chi connectivity index (χ4n) is 2.79. The molecule has 2 atom stereocenters. The van der Waals surface area contributed by atoms with Gasteiger partial charge >= 0.3 is 0 Å². The van der Waals surface area contributed by atoms with Crippen LogP contribution in [0, 0.1) is 5.92 Å². The van der Waals surface area contributed by atoms with E-state index in [1.807, 2.05) is 25.1 Å². The largest absolute Gasteiger partial charge is 0.357 e. The Morgan fingerprint density at radius 3 is 2.88 bits per heavy atom. The Morgan fingerprint density at radius 1 is 1.33 bits per heavy atom. The molecule has 5 nitrogen and oxygen atoms in total. The number of hydrogen-bond donors (Lipinski definition) is 3. The van der Waals surface area contributed by atoms with Gasteiger partial charge < -0.3 is 16.0 Å². The summed E-state index contributed by atoms with van der Waals surface area (Å²) in [5.74, 6) is 1.73. The number of aliphatic imine (C=N–C) groups is 1. The SMILES string of the molecule is CCNC(=NCCNC(=O)C1CC1)NC1CC1c1cccc(Cl)c1. The summed E-state index contributed by atoms with van der Waals surface area (Å²) in [4.78, 5) is 16.1. The fraction of sp³-hybridized carbons (Fsp3) is 0.556. The molecule has 2 aliphatic carbocycles. The van der Waals surface area contributed by atoms with Crippen LogP contribution in [0.15, 0.2) is 29.3 Å². The summed E-state index contributed by atoms with van der Waals surface area (Å²) in [5, 5.41) is 10.4. The standard InChI is InChI=1S/C18H25ClN4O/c1-2-20-18(22-9-8-21-17(24)12-6-7-12)23-16-11-15(16)13-4-3-5-14(19)10-13/h3-5,10,12,15-16H,2,6-9,11H2,1H3,(H,21,24)(H2,20,22,23). The molecule has 1 amide bonds. The summed E-state index contributed by atoms with van der Waals surface area (Å²) < 4.78 is 0. The van der Waals surface area contributed by atoms with Gasteiger partial charge in [-0.1, -0.05) is 23.7 Å². The number of halogens is 1. The van der Waals surface area contributed by atoms with Gasteiger partial charge in [-0.05, 0) is 43.9 Å². The van der Waals surface area contributed by atoms with Crippen LogP contribution >= 0.6 is 11.6 Å². The quantitative estimate of drug-likeness (QED) is 0.402. The Labute approximate surface area is 148 Å². The van der Waals surface area contributed by atoms with Crippen molar-refractivity contribution in [3.8, 4) is 0 Å². The van der Waals surface area contributed by atoms with Gasteiger partial charge in [-0.25, -0.2) is 0 Å². The number of nitrogens with zero attached hydrogens (tertiary/aromatic N) is 1. The topological polar surface area (TPSA) is 65.5 Å². The Kier molecular flexibility index (Phi) is 5.61. The van der Waals surface area contributed by atoms with Gasteiger partial charge in [0.15, 0.2) is 5.96 Å². The van der Waals surface area contributed by atoms with Crippen molar-refractivity contribution in [2.24, 2.45) is 10.9 Å². The first-order valence-electron chi connectivity index (χ1n) is 8.75. The third-order valence-corrected chi connectivity index (χ3v) is 4.60. The molecule has 0 aliphatic heterocycles. The highest BCUT2D eigenvalue weighted by atomic mass is 35.5. The van der Waals surface area contributed by atoms with E-state index in [2.05, 4.69) is 27.0 Å². The van der Waals surface area contributed by atoms with E-state index in [4.69, 9.17) is 11.6 Å². The van der Waals surface area contributed by atoms with Gasteiger partial charge in [0.05, 0.1) is 6.54 Å². The Bertz CT molecular complexity index is 615. The van der Waals surface area contributed by atoms with E-state index < -0.39 is 0 Å². The van der Waals surface area contributed by atoms with Crippen molar-refractivity contribution in [2.75, 3.05) is 19.6 Å². The molecule has 2 aliphatic rings. The molecule has 2 fully saturated rings. The molecule has 0 heterocycles. The highest BCUT2D eigenvalue weighted by Gasteiger charge is 2.39. The maximum atomic E-state index is 11.6. The van der Waals surface area contributed by atoms with Gasteiger partial charge in [-0.3, -0.25) is 9.79 Å². The minimum Gasteiger partial charge on any atom is -0.357 e. The maximum Gasteiger partial charge on any atom is 0.223 e. The zero-order chi connectivity index (χ0) is 16.9. The number of carbonyl (C=O) groups is 1. The molecule has 130 valence electrons. The van der Waals surface area contributed by atoms with Gasteiger partial charge in [-0.2, -0.15) is 0 Å². The lowest BCUT2D eigenvalue weighted by Gasteiger charge is -2.11. The molecule has 1 aromatic rings. The number of benzene rings is 1. The molecule has 24 heavy (non-hydrogen) atoms. The van der Waals surface area contributed by atoms with E-state index in [1.54, 1.807) is 0 Å². The van der Waals surface area contributed by atoms with Gasteiger partial charge in [0, 0.05) is 36.0 Å². The first-order valence-corrected chi connectivity index (χ1v) is 9.13.